The average molecular weight is 371 g/mol. The van der Waals surface area contributed by atoms with Gasteiger partial charge in [-0.3, -0.25) is 9.69 Å². The lowest BCUT2D eigenvalue weighted by atomic mass is 9.87. The van der Waals surface area contributed by atoms with Crippen molar-refractivity contribution in [1.82, 2.24) is 4.90 Å². The van der Waals surface area contributed by atoms with Crippen LogP contribution in [0.15, 0.2) is 42.5 Å². The maximum atomic E-state index is 13.1. The number of likely N-dealkylation sites (tertiary alicyclic amines) is 1. The number of hydrogen-bond donors (Lipinski definition) is 0. The molecule has 4 nitrogen and oxygen atoms in total. The minimum absolute atomic E-state index is 0.0253. The molecule has 0 N–H and O–H groups in total. The highest BCUT2D eigenvalue weighted by atomic mass is 19.1. The molecular formula is C22H26FNO3. The molecule has 0 saturated carbocycles. The first-order chi connectivity index (χ1) is 13.0. The van der Waals surface area contributed by atoms with E-state index in [1.54, 1.807) is 26.4 Å². The molecule has 1 unspecified atom stereocenters. The van der Waals surface area contributed by atoms with Crippen LogP contribution in [0, 0.1) is 11.7 Å². The second kappa shape index (κ2) is 8.53. The number of rotatable bonds is 6. The molecule has 3 rings (SSSR count). The van der Waals surface area contributed by atoms with Crippen LogP contribution in [-0.2, 0) is 0 Å². The van der Waals surface area contributed by atoms with E-state index in [1.807, 2.05) is 18.2 Å². The Bertz CT molecular complexity index is 783. The molecule has 5 heteroatoms. The standard InChI is InChI=1S/C22H26FNO3/c1-15(16-7-9-18(23)10-8-16)24-13-11-17(12-14-24)21(25)19-5-4-6-20(26-2)22(19)27-3/h4-10,15,17H,11-14H2,1-3H3. The van der Waals surface area contributed by atoms with Gasteiger partial charge in [0.25, 0.3) is 0 Å². The Balaban J connectivity index is 1.67. The topological polar surface area (TPSA) is 38.8 Å². The zero-order chi connectivity index (χ0) is 19.4. The molecule has 1 aliphatic rings. The summed E-state index contributed by atoms with van der Waals surface area (Å²) in [6.45, 7) is 3.79. The lowest BCUT2D eigenvalue weighted by Gasteiger charge is -2.36. The van der Waals surface area contributed by atoms with Crippen LogP contribution in [-0.4, -0.2) is 38.0 Å². The van der Waals surface area contributed by atoms with Crippen LogP contribution in [0.3, 0.4) is 0 Å². The third-order valence-corrected chi connectivity index (χ3v) is 5.47. The number of methoxy groups -OCH3 is 2. The Morgan fingerprint density at radius 3 is 2.33 bits per heavy atom. The predicted octanol–water partition coefficient (Wildman–Crippen LogP) is 4.50. The molecule has 144 valence electrons. The minimum Gasteiger partial charge on any atom is -0.493 e. The fraction of sp³-hybridized carbons (Fsp3) is 0.409. The number of ketones is 1. The van der Waals surface area contributed by atoms with Crippen LogP contribution in [0.5, 0.6) is 11.5 Å². The van der Waals surface area contributed by atoms with E-state index in [0.29, 0.717) is 17.1 Å². The Kier molecular flexibility index (Phi) is 6.11. The maximum Gasteiger partial charge on any atom is 0.171 e. The lowest BCUT2D eigenvalue weighted by molar-refractivity contribution is 0.0798. The molecule has 1 fully saturated rings. The van der Waals surface area contributed by atoms with Gasteiger partial charge >= 0.3 is 0 Å². The molecule has 1 aliphatic heterocycles. The van der Waals surface area contributed by atoms with Crippen LogP contribution < -0.4 is 9.47 Å². The van der Waals surface area contributed by atoms with Gasteiger partial charge in [0.15, 0.2) is 17.3 Å². The molecule has 1 saturated heterocycles. The first kappa shape index (κ1) is 19.4. The molecule has 0 bridgehead atoms. The molecule has 0 aromatic heterocycles. The normalized spacial score (nSPS) is 16.7. The molecule has 1 heterocycles. The summed E-state index contributed by atoms with van der Waals surface area (Å²) >= 11 is 0. The van der Waals surface area contributed by atoms with Crippen LogP contribution in [0.4, 0.5) is 4.39 Å². The highest BCUT2D eigenvalue weighted by molar-refractivity contribution is 6.01. The summed E-state index contributed by atoms with van der Waals surface area (Å²) < 4.78 is 23.9. The van der Waals surface area contributed by atoms with Gasteiger partial charge in [-0.2, -0.15) is 0 Å². The zero-order valence-electron chi connectivity index (χ0n) is 16.1. The van der Waals surface area contributed by atoms with E-state index >= 15 is 0 Å². The average Bonchev–Trinajstić information content (AvgIpc) is 2.72. The van der Waals surface area contributed by atoms with Gasteiger partial charge < -0.3 is 9.47 Å². The number of nitrogens with zero attached hydrogens (tertiary/aromatic N) is 1. The summed E-state index contributed by atoms with van der Waals surface area (Å²) in [6.07, 6.45) is 1.59. The summed E-state index contributed by atoms with van der Waals surface area (Å²) in [4.78, 5) is 15.4. The van der Waals surface area contributed by atoms with Crippen molar-refractivity contribution in [2.24, 2.45) is 5.92 Å². The van der Waals surface area contributed by atoms with Crippen LogP contribution in [0.25, 0.3) is 0 Å². The highest BCUT2D eigenvalue weighted by Crippen LogP contribution is 2.35. The SMILES string of the molecule is COc1cccc(C(=O)C2CCN(C(C)c3ccc(F)cc3)CC2)c1OC. The van der Waals surface area contributed by atoms with Crippen molar-refractivity contribution in [1.29, 1.82) is 0 Å². The van der Waals surface area contributed by atoms with Crippen molar-refractivity contribution in [2.45, 2.75) is 25.8 Å². The number of ether oxygens (including phenoxy) is 2. The van der Waals surface area contributed by atoms with E-state index in [9.17, 15) is 9.18 Å². The van der Waals surface area contributed by atoms with E-state index in [-0.39, 0.29) is 23.6 Å². The number of benzene rings is 2. The molecule has 27 heavy (non-hydrogen) atoms. The van der Waals surface area contributed by atoms with E-state index < -0.39 is 0 Å². The first-order valence-electron chi connectivity index (χ1n) is 9.30. The lowest BCUT2D eigenvalue weighted by Crippen LogP contribution is -2.38. The summed E-state index contributed by atoms with van der Waals surface area (Å²) in [7, 11) is 3.13. The van der Waals surface area contributed by atoms with Gasteiger partial charge in [0, 0.05) is 12.0 Å². The van der Waals surface area contributed by atoms with E-state index in [2.05, 4.69) is 11.8 Å². The van der Waals surface area contributed by atoms with Crippen molar-refractivity contribution in [3.63, 3.8) is 0 Å². The van der Waals surface area contributed by atoms with Crippen molar-refractivity contribution < 1.29 is 18.7 Å². The number of carbonyl (C=O) groups excluding carboxylic acids is 1. The van der Waals surface area contributed by atoms with Gasteiger partial charge in [-0.05, 0) is 62.7 Å². The predicted molar refractivity (Wildman–Crippen MR) is 103 cm³/mol. The van der Waals surface area contributed by atoms with Gasteiger partial charge in [-0.1, -0.05) is 18.2 Å². The third-order valence-electron chi connectivity index (χ3n) is 5.47. The summed E-state index contributed by atoms with van der Waals surface area (Å²) in [5.41, 5.74) is 1.68. The molecule has 0 aliphatic carbocycles. The van der Waals surface area contributed by atoms with Gasteiger partial charge in [0.2, 0.25) is 0 Å². The van der Waals surface area contributed by atoms with E-state index in [1.165, 1.54) is 12.1 Å². The summed E-state index contributed by atoms with van der Waals surface area (Å²) in [5, 5.41) is 0. The minimum atomic E-state index is -0.220. The number of carbonyl (C=O) groups is 1. The van der Waals surface area contributed by atoms with Gasteiger partial charge in [0.1, 0.15) is 5.82 Å². The molecule has 0 radical (unpaired) electrons. The van der Waals surface area contributed by atoms with Crippen LogP contribution >= 0.6 is 0 Å². The van der Waals surface area contributed by atoms with Crippen molar-refractivity contribution in [3.05, 3.63) is 59.4 Å². The van der Waals surface area contributed by atoms with Crippen molar-refractivity contribution in [3.8, 4) is 11.5 Å². The van der Waals surface area contributed by atoms with E-state index in [0.717, 1.165) is 31.5 Å². The monoisotopic (exact) mass is 371 g/mol. The van der Waals surface area contributed by atoms with Crippen molar-refractivity contribution >= 4 is 5.78 Å². The molecule has 2 aromatic carbocycles. The molecule has 1 atom stereocenters. The van der Waals surface area contributed by atoms with Crippen molar-refractivity contribution in [2.75, 3.05) is 27.3 Å². The summed E-state index contributed by atoms with van der Waals surface area (Å²) in [5.74, 6) is 0.947. The fourth-order valence-corrected chi connectivity index (χ4v) is 3.80. The zero-order valence-corrected chi connectivity index (χ0v) is 16.1. The molecule has 0 spiro atoms. The summed E-state index contributed by atoms with van der Waals surface area (Å²) in [6, 6.07) is 12.3. The number of piperidine rings is 1. The van der Waals surface area contributed by atoms with Crippen LogP contribution in [0.2, 0.25) is 0 Å². The molecule has 0 amide bonds. The molecule has 2 aromatic rings. The first-order valence-corrected chi connectivity index (χ1v) is 9.30. The number of hydrogen-bond acceptors (Lipinski definition) is 4. The van der Waals surface area contributed by atoms with Gasteiger partial charge in [-0.15, -0.1) is 0 Å². The Morgan fingerprint density at radius 2 is 1.74 bits per heavy atom. The second-order valence-corrected chi connectivity index (χ2v) is 6.94. The number of Topliss-reactive ketones (excluding diaryl/α,β-unsaturated/α-hetero) is 1. The quantitative estimate of drug-likeness (QED) is 0.701. The number of halogens is 1. The third kappa shape index (κ3) is 4.14. The largest absolute Gasteiger partial charge is 0.493 e. The molecular weight excluding hydrogens is 345 g/mol. The fourth-order valence-electron chi connectivity index (χ4n) is 3.80. The smallest absolute Gasteiger partial charge is 0.171 e. The maximum absolute atomic E-state index is 13.1. The Morgan fingerprint density at radius 1 is 1.07 bits per heavy atom. The number of para-hydroxylation sites is 1. The van der Waals surface area contributed by atoms with Gasteiger partial charge in [0.05, 0.1) is 19.8 Å². The Labute approximate surface area is 159 Å². The second-order valence-electron chi connectivity index (χ2n) is 6.94. The highest BCUT2D eigenvalue weighted by Gasteiger charge is 2.30. The van der Waals surface area contributed by atoms with Crippen LogP contribution in [0.1, 0.15) is 41.7 Å². The van der Waals surface area contributed by atoms with E-state index in [4.69, 9.17) is 9.47 Å². The van der Waals surface area contributed by atoms with Gasteiger partial charge in [-0.25, -0.2) is 4.39 Å². The Hall–Kier alpha value is -2.40.